The molecule has 0 saturated heterocycles. The number of anilines is 1. The van der Waals surface area contributed by atoms with Crippen LogP contribution in [0.25, 0.3) is 0 Å². The van der Waals surface area contributed by atoms with Crippen molar-refractivity contribution in [3.63, 3.8) is 0 Å². The van der Waals surface area contributed by atoms with Crippen molar-refractivity contribution in [2.45, 2.75) is 18.2 Å². The second kappa shape index (κ2) is 6.15. The zero-order valence-electron chi connectivity index (χ0n) is 12.0. The molecule has 2 aromatic rings. The van der Waals surface area contributed by atoms with Gasteiger partial charge in [0.2, 0.25) is 0 Å². The molecular weight excluding hydrogens is 318 g/mol. The SMILES string of the molecule is Cc1ccc(NC(=O)c2cccc3c2SCCC3=O)cc1Cl. The van der Waals surface area contributed by atoms with E-state index in [0.29, 0.717) is 34.0 Å². The molecule has 0 spiro atoms. The van der Waals surface area contributed by atoms with Crippen molar-refractivity contribution >= 4 is 40.7 Å². The molecule has 0 radical (unpaired) electrons. The summed E-state index contributed by atoms with van der Waals surface area (Å²) in [6.07, 6.45) is 0.524. The van der Waals surface area contributed by atoms with Crippen LogP contribution in [0.5, 0.6) is 0 Å². The number of carbonyl (C=O) groups is 2. The maximum Gasteiger partial charge on any atom is 0.256 e. The van der Waals surface area contributed by atoms with E-state index < -0.39 is 0 Å². The van der Waals surface area contributed by atoms with Gasteiger partial charge in [-0.15, -0.1) is 11.8 Å². The summed E-state index contributed by atoms with van der Waals surface area (Å²) in [7, 11) is 0. The second-order valence-corrected chi connectivity index (χ2v) is 6.63. The Morgan fingerprint density at radius 2 is 2.09 bits per heavy atom. The van der Waals surface area contributed by atoms with Crippen LogP contribution in [0.1, 0.15) is 32.7 Å². The van der Waals surface area contributed by atoms with E-state index in [9.17, 15) is 9.59 Å². The molecule has 5 heteroatoms. The molecule has 3 rings (SSSR count). The summed E-state index contributed by atoms with van der Waals surface area (Å²) in [5, 5.41) is 3.45. The van der Waals surface area contributed by atoms with Crippen molar-refractivity contribution in [3.8, 4) is 0 Å². The topological polar surface area (TPSA) is 46.2 Å². The first-order valence-corrected chi connectivity index (χ1v) is 8.29. The van der Waals surface area contributed by atoms with Crippen molar-refractivity contribution in [3.05, 3.63) is 58.1 Å². The number of amides is 1. The quantitative estimate of drug-likeness (QED) is 0.876. The minimum absolute atomic E-state index is 0.0989. The lowest BCUT2D eigenvalue weighted by molar-refractivity contribution is 0.0984. The van der Waals surface area contributed by atoms with Crippen LogP contribution in [-0.2, 0) is 0 Å². The van der Waals surface area contributed by atoms with Gasteiger partial charge in [0, 0.05) is 33.3 Å². The van der Waals surface area contributed by atoms with Crippen molar-refractivity contribution in [1.82, 2.24) is 0 Å². The Labute approximate surface area is 138 Å². The van der Waals surface area contributed by atoms with Gasteiger partial charge in [0.05, 0.1) is 5.56 Å². The number of fused-ring (bicyclic) bond motifs is 1. The van der Waals surface area contributed by atoms with Crippen molar-refractivity contribution in [2.75, 3.05) is 11.1 Å². The number of rotatable bonds is 2. The first-order valence-electron chi connectivity index (χ1n) is 6.93. The molecular formula is C17H14ClNO2S. The summed E-state index contributed by atoms with van der Waals surface area (Å²) in [5.41, 5.74) is 2.78. The fourth-order valence-electron chi connectivity index (χ4n) is 2.34. The number of benzene rings is 2. The highest BCUT2D eigenvalue weighted by molar-refractivity contribution is 7.99. The molecule has 0 aliphatic carbocycles. The molecule has 1 N–H and O–H groups in total. The van der Waals surface area contributed by atoms with Gasteiger partial charge >= 0.3 is 0 Å². The Hall–Kier alpha value is -1.78. The average Bonchev–Trinajstić information content (AvgIpc) is 2.51. The maximum absolute atomic E-state index is 12.5. The van der Waals surface area contributed by atoms with E-state index in [4.69, 9.17) is 11.6 Å². The molecule has 0 atom stereocenters. The van der Waals surface area contributed by atoms with E-state index in [-0.39, 0.29) is 11.7 Å². The fourth-order valence-corrected chi connectivity index (χ4v) is 3.67. The first kappa shape index (κ1) is 15.1. The highest BCUT2D eigenvalue weighted by Gasteiger charge is 2.23. The highest BCUT2D eigenvalue weighted by atomic mass is 35.5. The molecule has 0 saturated carbocycles. The van der Waals surface area contributed by atoms with E-state index in [1.54, 1.807) is 36.0 Å². The summed E-state index contributed by atoms with van der Waals surface area (Å²) in [5.74, 6) is 0.590. The van der Waals surface area contributed by atoms with E-state index in [1.807, 2.05) is 19.1 Å². The van der Waals surface area contributed by atoms with Gasteiger partial charge in [-0.05, 0) is 30.7 Å². The third-order valence-electron chi connectivity index (χ3n) is 3.57. The summed E-state index contributed by atoms with van der Waals surface area (Å²) in [6.45, 7) is 1.91. The zero-order chi connectivity index (χ0) is 15.7. The molecule has 112 valence electrons. The van der Waals surface area contributed by atoms with E-state index >= 15 is 0 Å². The van der Waals surface area contributed by atoms with Crippen molar-refractivity contribution < 1.29 is 9.59 Å². The Morgan fingerprint density at radius 1 is 1.27 bits per heavy atom. The number of hydrogen-bond acceptors (Lipinski definition) is 3. The molecule has 1 heterocycles. The predicted octanol–water partition coefficient (Wildman–Crippen LogP) is 4.58. The zero-order valence-corrected chi connectivity index (χ0v) is 13.6. The Balaban J connectivity index is 1.91. The van der Waals surface area contributed by atoms with Crippen LogP contribution >= 0.6 is 23.4 Å². The number of aryl methyl sites for hydroxylation is 1. The molecule has 0 aromatic heterocycles. The first-order chi connectivity index (χ1) is 10.6. The van der Waals surface area contributed by atoms with Gasteiger partial charge in [-0.2, -0.15) is 0 Å². The smallest absolute Gasteiger partial charge is 0.256 e. The van der Waals surface area contributed by atoms with Crippen LogP contribution in [0.2, 0.25) is 5.02 Å². The standard InChI is InChI=1S/C17H14ClNO2S/c1-10-5-6-11(9-14(10)18)19-17(21)13-4-2-3-12-15(20)7-8-22-16(12)13/h2-6,9H,7-8H2,1H3,(H,19,21). The number of nitrogens with one attached hydrogen (secondary N) is 1. The summed E-state index contributed by atoms with van der Waals surface area (Å²) in [4.78, 5) is 25.2. The molecule has 1 amide bonds. The second-order valence-electron chi connectivity index (χ2n) is 5.12. The highest BCUT2D eigenvalue weighted by Crippen LogP contribution is 2.33. The van der Waals surface area contributed by atoms with Gasteiger partial charge in [-0.3, -0.25) is 9.59 Å². The number of hydrogen-bond donors (Lipinski definition) is 1. The Kier molecular flexibility index (Phi) is 4.23. The molecule has 0 fully saturated rings. The number of carbonyl (C=O) groups excluding carboxylic acids is 2. The lowest BCUT2D eigenvalue weighted by Crippen LogP contribution is -2.17. The van der Waals surface area contributed by atoms with Crippen LogP contribution < -0.4 is 5.32 Å². The van der Waals surface area contributed by atoms with Gasteiger partial charge in [0.1, 0.15) is 0 Å². The number of thioether (sulfide) groups is 1. The van der Waals surface area contributed by atoms with Crippen LogP contribution in [0.15, 0.2) is 41.3 Å². The van der Waals surface area contributed by atoms with Crippen molar-refractivity contribution in [2.24, 2.45) is 0 Å². The third-order valence-corrected chi connectivity index (χ3v) is 5.11. The maximum atomic E-state index is 12.5. The number of ketones is 1. The van der Waals surface area contributed by atoms with E-state index in [2.05, 4.69) is 5.32 Å². The van der Waals surface area contributed by atoms with E-state index in [1.165, 1.54) is 0 Å². The van der Waals surface area contributed by atoms with E-state index in [0.717, 1.165) is 10.5 Å². The lowest BCUT2D eigenvalue weighted by Gasteiger charge is -2.17. The minimum atomic E-state index is -0.223. The average molecular weight is 332 g/mol. The largest absolute Gasteiger partial charge is 0.322 e. The van der Waals surface area contributed by atoms with Crippen LogP contribution in [-0.4, -0.2) is 17.4 Å². The monoisotopic (exact) mass is 331 g/mol. The fraction of sp³-hybridized carbons (Fsp3) is 0.176. The molecule has 2 aromatic carbocycles. The molecule has 0 unspecified atom stereocenters. The summed E-state index contributed by atoms with van der Waals surface area (Å²) < 4.78 is 0. The molecule has 22 heavy (non-hydrogen) atoms. The lowest BCUT2D eigenvalue weighted by atomic mass is 10.0. The predicted molar refractivity (Wildman–Crippen MR) is 90.3 cm³/mol. The molecule has 1 aliphatic heterocycles. The van der Waals surface area contributed by atoms with Gasteiger partial charge in [0.15, 0.2) is 5.78 Å². The van der Waals surface area contributed by atoms with Gasteiger partial charge in [-0.1, -0.05) is 29.8 Å². The summed E-state index contributed by atoms with van der Waals surface area (Å²) >= 11 is 7.63. The van der Waals surface area contributed by atoms with Gasteiger partial charge in [-0.25, -0.2) is 0 Å². The third kappa shape index (κ3) is 2.89. The van der Waals surface area contributed by atoms with Crippen LogP contribution in [0, 0.1) is 6.92 Å². The van der Waals surface area contributed by atoms with Crippen LogP contribution in [0.3, 0.4) is 0 Å². The normalized spacial score (nSPS) is 13.6. The summed E-state index contributed by atoms with van der Waals surface area (Å²) in [6, 6.07) is 10.7. The Morgan fingerprint density at radius 3 is 2.86 bits per heavy atom. The van der Waals surface area contributed by atoms with Gasteiger partial charge in [0.25, 0.3) is 5.91 Å². The molecule has 1 aliphatic rings. The van der Waals surface area contributed by atoms with Gasteiger partial charge < -0.3 is 5.32 Å². The number of halogens is 1. The number of Topliss-reactive ketones (excluding diaryl/α,β-unsaturated/α-hetero) is 1. The van der Waals surface area contributed by atoms with Crippen molar-refractivity contribution in [1.29, 1.82) is 0 Å². The van der Waals surface area contributed by atoms with Crippen LogP contribution in [0.4, 0.5) is 5.69 Å². The molecule has 0 bridgehead atoms. The Bertz CT molecular complexity index is 773. The molecule has 3 nitrogen and oxygen atoms in total. The minimum Gasteiger partial charge on any atom is -0.322 e.